The van der Waals surface area contributed by atoms with E-state index >= 15 is 0 Å². The van der Waals surface area contributed by atoms with Crippen molar-refractivity contribution >= 4 is 5.91 Å². The molecule has 96 valence electrons. The highest BCUT2D eigenvalue weighted by Gasteiger charge is 2.33. The third-order valence-electron chi connectivity index (χ3n) is 2.40. The van der Waals surface area contributed by atoms with Crippen LogP contribution in [-0.2, 0) is 17.5 Å². The summed E-state index contributed by atoms with van der Waals surface area (Å²) in [6.07, 6.45) is -3.33. The van der Waals surface area contributed by atoms with Crippen LogP contribution in [0, 0.1) is 0 Å². The molecule has 1 rings (SSSR count). The first-order chi connectivity index (χ1) is 7.71. The summed E-state index contributed by atoms with van der Waals surface area (Å²) in [5, 5.41) is 3.31. The van der Waals surface area contributed by atoms with Crippen molar-refractivity contribution in [3.63, 3.8) is 0 Å². The van der Waals surface area contributed by atoms with Gasteiger partial charge in [-0.1, -0.05) is 0 Å². The van der Waals surface area contributed by atoms with Crippen molar-refractivity contribution in [2.75, 3.05) is 7.05 Å². The Bertz CT molecular complexity index is 398. The van der Waals surface area contributed by atoms with Crippen LogP contribution in [0.15, 0.2) is 12.3 Å². The van der Waals surface area contributed by atoms with Crippen LogP contribution < -0.4 is 0 Å². The van der Waals surface area contributed by atoms with E-state index < -0.39 is 11.9 Å². The van der Waals surface area contributed by atoms with Crippen LogP contribution in [0.1, 0.15) is 19.5 Å². The van der Waals surface area contributed by atoms with E-state index in [1.165, 1.54) is 4.90 Å². The molecule has 0 unspecified atom stereocenters. The molecule has 0 spiro atoms. The maximum absolute atomic E-state index is 12.3. The van der Waals surface area contributed by atoms with E-state index in [1.807, 2.05) is 13.8 Å². The number of rotatable bonds is 3. The zero-order valence-electron chi connectivity index (χ0n) is 9.82. The lowest BCUT2D eigenvalue weighted by Crippen LogP contribution is -2.35. The summed E-state index contributed by atoms with van der Waals surface area (Å²) >= 11 is 0. The summed E-state index contributed by atoms with van der Waals surface area (Å²) in [6.45, 7) is 3.45. The number of likely N-dealkylation sites (N-methyl/N-ethyl adjacent to an activating group) is 1. The monoisotopic (exact) mass is 249 g/mol. The molecule has 7 heteroatoms. The molecule has 0 saturated heterocycles. The summed E-state index contributed by atoms with van der Waals surface area (Å²) < 4.78 is 37.8. The van der Waals surface area contributed by atoms with Crippen LogP contribution in [0.5, 0.6) is 0 Å². The van der Waals surface area contributed by atoms with Gasteiger partial charge in [0.05, 0.1) is 0 Å². The van der Waals surface area contributed by atoms with E-state index in [9.17, 15) is 18.0 Å². The quantitative estimate of drug-likeness (QED) is 0.818. The van der Waals surface area contributed by atoms with Crippen molar-refractivity contribution in [1.82, 2.24) is 14.7 Å². The van der Waals surface area contributed by atoms with Crippen molar-refractivity contribution in [1.29, 1.82) is 0 Å². The average molecular weight is 249 g/mol. The lowest BCUT2D eigenvalue weighted by Gasteiger charge is -2.21. The number of aromatic nitrogens is 2. The van der Waals surface area contributed by atoms with Gasteiger partial charge in [0, 0.05) is 19.3 Å². The standard InChI is InChI=1S/C10H14F3N3O/c1-7(2)15(3)9(17)6-16-5-4-8(14-16)10(11,12)13/h4-5,7H,6H2,1-3H3. The van der Waals surface area contributed by atoms with Crippen molar-refractivity contribution in [3.8, 4) is 0 Å². The fourth-order valence-electron chi connectivity index (χ4n) is 1.14. The molecule has 17 heavy (non-hydrogen) atoms. The fourth-order valence-corrected chi connectivity index (χ4v) is 1.14. The van der Waals surface area contributed by atoms with E-state index in [-0.39, 0.29) is 18.5 Å². The molecule has 0 atom stereocenters. The predicted octanol–water partition coefficient (Wildman–Crippen LogP) is 1.77. The minimum Gasteiger partial charge on any atom is -0.342 e. The van der Waals surface area contributed by atoms with Crippen molar-refractivity contribution in [3.05, 3.63) is 18.0 Å². The lowest BCUT2D eigenvalue weighted by molar-refractivity contribution is -0.142. The first kappa shape index (κ1) is 13.5. The van der Waals surface area contributed by atoms with Gasteiger partial charge in [0.15, 0.2) is 5.69 Å². The van der Waals surface area contributed by atoms with Gasteiger partial charge in [-0.15, -0.1) is 0 Å². The summed E-state index contributed by atoms with van der Waals surface area (Å²) in [5.74, 6) is -0.281. The van der Waals surface area contributed by atoms with Gasteiger partial charge >= 0.3 is 6.18 Å². The SMILES string of the molecule is CC(C)N(C)C(=O)Cn1ccc(C(F)(F)F)n1. The lowest BCUT2D eigenvalue weighted by atomic mass is 10.3. The fraction of sp³-hybridized carbons (Fsp3) is 0.600. The third kappa shape index (κ3) is 3.47. The Hall–Kier alpha value is -1.53. The van der Waals surface area contributed by atoms with Crippen LogP contribution in [0.4, 0.5) is 13.2 Å². The van der Waals surface area contributed by atoms with Crippen LogP contribution in [0.3, 0.4) is 0 Å². The Kier molecular flexibility index (Phi) is 3.79. The smallest absolute Gasteiger partial charge is 0.342 e. The van der Waals surface area contributed by atoms with Gasteiger partial charge in [-0.25, -0.2) is 0 Å². The second-order valence-corrected chi connectivity index (χ2v) is 3.99. The van der Waals surface area contributed by atoms with E-state index in [0.29, 0.717) is 0 Å². The van der Waals surface area contributed by atoms with E-state index in [2.05, 4.69) is 5.10 Å². The number of hydrogen-bond donors (Lipinski definition) is 0. The van der Waals surface area contributed by atoms with E-state index in [4.69, 9.17) is 0 Å². The molecule has 4 nitrogen and oxygen atoms in total. The Morgan fingerprint density at radius 1 is 1.53 bits per heavy atom. The molecule has 0 aliphatic rings. The molecule has 0 fully saturated rings. The zero-order chi connectivity index (χ0) is 13.2. The number of carbonyl (C=O) groups is 1. The van der Waals surface area contributed by atoms with Crippen LogP contribution >= 0.6 is 0 Å². The number of amides is 1. The second-order valence-electron chi connectivity index (χ2n) is 3.99. The molecule has 1 aromatic heterocycles. The predicted molar refractivity (Wildman–Crippen MR) is 55.1 cm³/mol. The van der Waals surface area contributed by atoms with Gasteiger partial charge in [-0.3, -0.25) is 9.48 Å². The molecule has 0 aliphatic heterocycles. The van der Waals surface area contributed by atoms with Gasteiger partial charge in [0.2, 0.25) is 5.91 Å². The summed E-state index contributed by atoms with van der Waals surface area (Å²) in [6, 6.07) is 0.850. The maximum Gasteiger partial charge on any atom is 0.435 e. The molecule has 0 N–H and O–H groups in total. The highest BCUT2D eigenvalue weighted by molar-refractivity contribution is 5.75. The Morgan fingerprint density at radius 2 is 2.12 bits per heavy atom. The highest BCUT2D eigenvalue weighted by atomic mass is 19.4. The van der Waals surface area contributed by atoms with Crippen LogP contribution in [0.25, 0.3) is 0 Å². The number of carbonyl (C=O) groups excluding carboxylic acids is 1. The number of hydrogen-bond acceptors (Lipinski definition) is 2. The Labute approximate surface area is 97.0 Å². The van der Waals surface area contributed by atoms with Crippen LogP contribution in [-0.4, -0.2) is 33.7 Å². The largest absolute Gasteiger partial charge is 0.435 e. The molecular formula is C10H14F3N3O. The molecule has 1 aromatic rings. The van der Waals surface area contributed by atoms with Gasteiger partial charge in [0.1, 0.15) is 6.54 Å². The zero-order valence-corrected chi connectivity index (χ0v) is 9.82. The molecule has 0 bridgehead atoms. The number of nitrogens with zero attached hydrogens (tertiary/aromatic N) is 3. The third-order valence-corrected chi connectivity index (χ3v) is 2.40. The van der Waals surface area contributed by atoms with Crippen molar-refractivity contribution in [2.24, 2.45) is 0 Å². The van der Waals surface area contributed by atoms with Crippen molar-refractivity contribution in [2.45, 2.75) is 32.6 Å². The maximum atomic E-state index is 12.3. The topological polar surface area (TPSA) is 38.1 Å². The summed E-state index contributed by atoms with van der Waals surface area (Å²) in [5.41, 5.74) is -0.988. The first-order valence-electron chi connectivity index (χ1n) is 5.08. The minimum absolute atomic E-state index is 0.000138. The number of alkyl halides is 3. The molecule has 0 saturated carbocycles. The second kappa shape index (κ2) is 4.77. The molecule has 1 heterocycles. The van der Waals surface area contributed by atoms with Crippen molar-refractivity contribution < 1.29 is 18.0 Å². The first-order valence-corrected chi connectivity index (χ1v) is 5.08. The summed E-state index contributed by atoms with van der Waals surface area (Å²) in [7, 11) is 1.60. The van der Waals surface area contributed by atoms with Gasteiger partial charge in [-0.05, 0) is 19.9 Å². The normalized spacial score (nSPS) is 11.9. The van der Waals surface area contributed by atoms with Gasteiger partial charge in [0.25, 0.3) is 0 Å². The van der Waals surface area contributed by atoms with Gasteiger partial charge in [-0.2, -0.15) is 18.3 Å². The Balaban J connectivity index is 2.71. The molecule has 0 radical (unpaired) electrons. The van der Waals surface area contributed by atoms with E-state index in [0.717, 1.165) is 16.9 Å². The molecule has 0 aliphatic carbocycles. The number of halogens is 3. The molecule has 1 amide bonds. The average Bonchev–Trinajstić information content (AvgIpc) is 2.64. The highest BCUT2D eigenvalue weighted by Crippen LogP contribution is 2.27. The molecule has 0 aromatic carbocycles. The van der Waals surface area contributed by atoms with Crippen LogP contribution in [0.2, 0.25) is 0 Å². The Morgan fingerprint density at radius 3 is 2.53 bits per heavy atom. The van der Waals surface area contributed by atoms with E-state index in [1.54, 1.807) is 7.05 Å². The molecular weight excluding hydrogens is 235 g/mol. The van der Waals surface area contributed by atoms with Gasteiger partial charge < -0.3 is 4.90 Å². The minimum atomic E-state index is -4.47. The summed E-state index contributed by atoms with van der Waals surface area (Å²) in [4.78, 5) is 13.0.